The van der Waals surface area contributed by atoms with E-state index in [0.29, 0.717) is 21.6 Å². The van der Waals surface area contributed by atoms with Gasteiger partial charge in [0, 0.05) is 27.4 Å². The van der Waals surface area contributed by atoms with E-state index < -0.39 is 23.4 Å². The molecule has 1 heterocycles. The lowest BCUT2D eigenvalue weighted by Gasteiger charge is -2.22. The zero-order valence-electron chi connectivity index (χ0n) is 14.1. The van der Waals surface area contributed by atoms with Gasteiger partial charge in [-0.1, -0.05) is 12.1 Å². The van der Waals surface area contributed by atoms with E-state index in [4.69, 9.17) is 5.73 Å². The van der Waals surface area contributed by atoms with E-state index in [-0.39, 0.29) is 28.2 Å². The van der Waals surface area contributed by atoms with Gasteiger partial charge in [-0.05, 0) is 31.4 Å². The zero-order valence-corrected chi connectivity index (χ0v) is 14.1. The molecule has 2 aliphatic rings. The smallest absolute Gasteiger partial charge is 0.259 e. The van der Waals surface area contributed by atoms with Crippen LogP contribution in [-0.4, -0.2) is 29.4 Å². The van der Waals surface area contributed by atoms with E-state index in [0.717, 1.165) is 0 Å². The van der Waals surface area contributed by atoms with Crippen molar-refractivity contribution in [1.82, 2.24) is 10.6 Å². The minimum absolute atomic E-state index is 0.0328. The summed E-state index contributed by atoms with van der Waals surface area (Å²) in [7, 11) is 0. The number of nitrogens with one attached hydrogen (secondary N) is 2. The monoisotopic (exact) mass is 349 g/mol. The molecule has 4 N–H and O–H groups in total. The summed E-state index contributed by atoms with van der Waals surface area (Å²) in [6.07, 6.45) is 0. The molecule has 4 rings (SSSR count). The molecule has 0 bridgehead atoms. The molecule has 1 aliphatic heterocycles. The number of carbonyl (C=O) groups is 4. The van der Waals surface area contributed by atoms with E-state index in [1.165, 1.54) is 0 Å². The van der Waals surface area contributed by atoms with Gasteiger partial charge in [0.15, 0.2) is 0 Å². The number of imide groups is 1. The van der Waals surface area contributed by atoms with Gasteiger partial charge in [-0.15, -0.1) is 0 Å². The second-order valence-electron chi connectivity index (χ2n) is 6.61. The summed E-state index contributed by atoms with van der Waals surface area (Å²) in [6, 6.07) is 6.52. The predicted molar refractivity (Wildman–Crippen MR) is 94.3 cm³/mol. The van der Waals surface area contributed by atoms with E-state index >= 15 is 0 Å². The molecule has 26 heavy (non-hydrogen) atoms. The van der Waals surface area contributed by atoms with Gasteiger partial charge >= 0.3 is 0 Å². The summed E-state index contributed by atoms with van der Waals surface area (Å²) >= 11 is 0. The van der Waals surface area contributed by atoms with Crippen molar-refractivity contribution in [1.29, 1.82) is 0 Å². The SMILES string of the molecule is CC(C)NC1=c2c3c4c(cccc4cc2=C(N)C(=O)C1=O)C(=O)NC3=O. The molecule has 2 aromatic carbocycles. The summed E-state index contributed by atoms with van der Waals surface area (Å²) in [5.74, 6) is -2.72. The highest BCUT2D eigenvalue weighted by atomic mass is 16.2. The Balaban J connectivity index is 2.35. The van der Waals surface area contributed by atoms with E-state index in [2.05, 4.69) is 10.6 Å². The highest BCUT2D eigenvalue weighted by Gasteiger charge is 2.33. The summed E-state index contributed by atoms with van der Waals surface area (Å²) in [4.78, 5) is 49.7. The molecule has 0 aromatic heterocycles. The third-order valence-corrected chi connectivity index (χ3v) is 4.52. The first-order valence-corrected chi connectivity index (χ1v) is 8.12. The first kappa shape index (κ1) is 16.0. The molecular weight excluding hydrogens is 334 g/mol. The maximum atomic E-state index is 12.7. The number of Topliss-reactive ketones (excluding diaryl/α,β-unsaturated/α-hetero) is 2. The first-order chi connectivity index (χ1) is 12.3. The molecule has 0 fully saturated rings. The van der Waals surface area contributed by atoms with Crippen molar-refractivity contribution in [3.8, 4) is 0 Å². The molecule has 2 amide bonds. The fourth-order valence-electron chi connectivity index (χ4n) is 3.48. The van der Waals surface area contributed by atoms with Crippen LogP contribution in [0.15, 0.2) is 24.3 Å². The zero-order chi connectivity index (χ0) is 18.7. The molecule has 7 heteroatoms. The molecule has 0 radical (unpaired) electrons. The molecule has 2 aromatic rings. The Bertz CT molecular complexity index is 1190. The standard InChI is InChI=1S/C19H15N3O4/c1-7(2)21-15-12-10(14(20)16(23)17(15)24)6-8-4-3-5-9-11(8)13(12)19(26)22-18(9)25/h3-7,21H,20H2,1-2H3,(H,22,25,26). The Morgan fingerprint density at radius 2 is 1.77 bits per heavy atom. The molecule has 7 nitrogen and oxygen atoms in total. The number of amides is 2. The average molecular weight is 349 g/mol. The Morgan fingerprint density at radius 3 is 2.46 bits per heavy atom. The van der Waals surface area contributed by atoms with Crippen LogP contribution in [0.25, 0.3) is 22.2 Å². The number of hydrogen-bond acceptors (Lipinski definition) is 6. The Kier molecular flexibility index (Phi) is 3.24. The summed E-state index contributed by atoms with van der Waals surface area (Å²) in [5, 5.41) is 6.91. The van der Waals surface area contributed by atoms with Crippen LogP contribution in [0.2, 0.25) is 0 Å². The average Bonchev–Trinajstić information content (AvgIpc) is 2.60. The first-order valence-electron chi connectivity index (χ1n) is 8.12. The second-order valence-corrected chi connectivity index (χ2v) is 6.61. The molecule has 0 atom stereocenters. The van der Waals surface area contributed by atoms with Crippen molar-refractivity contribution in [2.24, 2.45) is 5.73 Å². The van der Waals surface area contributed by atoms with Gasteiger partial charge in [0.25, 0.3) is 23.4 Å². The second kappa shape index (κ2) is 5.26. The highest BCUT2D eigenvalue weighted by molar-refractivity contribution is 6.62. The maximum absolute atomic E-state index is 12.7. The van der Waals surface area contributed by atoms with Crippen molar-refractivity contribution in [2.45, 2.75) is 19.9 Å². The Morgan fingerprint density at radius 1 is 1.04 bits per heavy atom. The van der Waals surface area contributed by atoms with Crippen molar-refractivity contribution in [3.63, 3.8) is 0 Å². The number of hydrogen-bond donors (Lipinski definition) is 3. The van der Waals surface area contributed by atoms with Crippen LogP contribution in [0.1, 0.15) is 34.6 Å². The summed E-state index contributed by atoms with van der Waals surface area (Å²) < 4.78 is 0. The molecule has 0 saturated heterocycles. The summed E-state index contributed by atoms with van der Waals surface area (Å²) in [6.45, 7) is 3.63. The van der Waals surface area contributed by atoms with Crippen LogP contribution in [0.4, 0.5) is 0 Å². The number of rotatable bonds is 2. The number of ketones is 2. The van der Waals surface area contributed by atoms with Crippen LogP contribution < -0.4 is 26.8 Å². The van der Waals surface area contributed by atoms with Crippen molar-refractivity contribution < 1.29 is 19.2 Å². The van der Waals surface area contributed by atoms with Crippen LogP contribution in [0, 0.1) is 0 Å². The van der Waals surface area contributed by atoms with E-state index in [1.54, 1.807) is 24.3 Å². The minimum Gasteiger partial charge on any atom is -0.395 e. The third-order valence-electron chi connectivity index (χ3n) is 4.52. The lowest BCUT2D eigenvalue weighted by Crippen LogP contribution is -2.52. The van der Waals surface area contributed by atoms with Crippen molar-refractivity contribution in [3.05, 3.63) is 45.8 Å². The minimum atomic E-state index is -0.810. The number of nitrogens with two attached hydrogens (primary N) is 1. The van der Waals surface area contributed by atoms with Gasteiger partial charge in [0.1, 0.15) is 0 Å². The Hall–Kier alpha value is -3.48. The molecule has 130 valence electrons. The quantitative estimate of drug-likeness (QED) is 0.475. The molecule has 0 spiro atoms. The van der Waals surface area contributed by atoms with Gasteiger partial charge in [-0.2, -0.15) is 0 Å². The Labute approximate surface area is 147 Å². The highest BCUT2D eigenvalue weighted by Crippen LogP contribution is 2.24. The molecule has 0 saturated carbocycles. The topological polar surface area (TPSA) is 118 Å². The molecular formula is C19H15N3O4. The summed E-state index contributed by atoms with van der Waals surface area (Å²) in [5.41, 5.74) is 6.27. The lowest BCUT2D eigenvalue weighted by molar-refractivity contribution is -0.130. The number of benzene rings is 2. The predicted octanol–water partition coefficient (Wildman–Crippen LogP) is -0.952. The fourth-order valence-corrected chi connectivity index (χ4v) is 3.48. The van der Waals surface area contributed by atoms with Crippen LogP contribution in [-0.2, 0) is 9.59 Å². The van der Waals surface area contributed by atoms with Gasteiger partial charge < -0.3 is 11.1 Å². The van der Waals surface area contributed by atoms with E-state index in [9.17, 15) is 19.2 Å². The van der Waals surface area contributed by atoms with Gasteiger partial charge in [-0.3, -0.25) is 24.5 Å². The lowest BCUT2D eigenvalue weighted by atomic mass is 9.88. The molecule has 0 unspecified atom stereocenters. The normalized spacial score (nSPS) is 16.3. The number of fused-ring (bicyclic) bond motifs is 2. The fraction of sp³-hybridized carbons (Fsp3) is 0.158. The maximum Gasteiger partial charge on any atom is 0.259 e. The van der Waals surface area contributed by atoms with Crippen molar-refractivity contribution in [2.75, 3.05) is 0 Å². The largest absolute Gasteiger partial charge is 0.395 e. The third kappa shape index (κ3) is 2.00. The van der Waals surface area contributed by atoms with Gasteiger partial charge in [0.05, 0.1) is 17.0 Å². The number of carbonyl (C=O) groups excluding carboxylic acids is 4. The van der Waals surface area contributed by atoms with Gasteiger partial charge in [-0.25, -0.2) is 0 Å². The van der Waals surface area contributed by atoms with Crippen LogP contribution in [0.5, 0.6) is 0 Å². The van der Waals surface area contributed by atoms with Crippen LogP contribution >= 0.6 is 0 Å². The van der Waals surface area contributed by atoms with Crippen molar-refractivity contribution >= 4 is 45.5 Å². The molecule has 1 aliphatic carbocycles. The van der Waals surface area contributed by atoms with Gasteiger partial charge in [0.2, 0.25) is 0 Å². The van der Waals surface area contributed by atoms with Crippen LogP contribution in [0.3, 0.4) is 0 Å². The van der Waals surface area contributed by atoms with E-state index in [1.807, 2.05) is 13.8 Å².